The summed E-state index contributed by atoms with van der Waals surface area (Å²) in [6, 6.07) is 4.12. The topological polar surface area (TPSA) is 86.6 Å². The molecule has 1 aromatic rings. The number of rotatable bonds is 5. The molecule has 3 N–H and O–H groups in total. The van der Waals surface area contributed by atoms with Crippen LogP contribution in [0.15, 0.2) is 18.2 Å². The Morgan fingerprint density at radius 1 is 1.42 bits per heavy atom. The van der Waals surface area contributed by atoms with Crippen LogP contribution >= 0.6 is 11.6 Å². The summed E-state index contributed by atoms with van der Waals surface area (Å²) in [4.78, 5) is 22.9. The van der Waals surface area contributed by atoms with Gasteiger partial charge in [0, 0.05) is 11.6 Å². The molecular formula is C13H16ClNO4. The second-order valence-corrected chi connectivity index (χ2v) is 5.00. The molecule has 19 heavy (non-hydrogen) atoms. The molecule has 1 atom stereocenters. The number of carbonyl (C=O) groups is 2. The molecule has 6 heteroatoms. The molecule has 0 heterocycles. The summed E-state index contributed by atoms with van der Waals surface area (Å²) in [6.45, 7) is 3.27. The van der Waals surface area contributed by atoms with Gasteiger partial charge in [0.25, 0.3) is 5.91 Å². The van der Waals surface area contributed by atoms with Crippen molar-refractivity contribution in [2.45, 2.75) is 20.3 Å². The van der Waals surface area contributed by atoms with E-state index < -0.39 is 17.3 Å². The molecule has 5 nitrogen and oxygen atoms in total. The van der Waals surface area contributed by atoms with Crippen LogP contribution in [0.25, 0.3) is 0 Å². The Hall–Kier alpha value is -1.75. The first kappa shape index (κ1) is 15.3. The fourth-order valence-electron chi connectivity index (χ4n) is 1.42. The second kappa shape index (κ2) is 5.93. The number of aliphatic carboxylic acids is 1. The van der Waals surface area contributed by atoms with E-state index in [1.165, 1.54) is 18.2 Å². The van der Waals surface area contributed by atoms with E-state index in [0.717, 1.165) is 0 Å². The lowest BCUT2D eigenvalue weighted by Gasteiger charge is -2.23. The molecule has 1 amide bonds. The van der Waals surface area contributed by atoms with Crippen molar-refractivity contribution in [3.05, 3.63) is 28.8 Å². The van der Waals surface area contributed by atoms with Gasteiger partial charge in [0.1, 0.15) is 5.75 Å². The molecule has 104 valence electrons. The fourth-order valence-corrected chi connectivity index (χ4v) is 1.59. The van der Waals surface area contributed by atoms with Crippen molar-refractivity contribution < 1.29 is 19.8 Å². The number of carbonyl (C=O) groups excluding carboxylic acids is 1. The number of benzene rings is 1. The molecule has 0 aliphatic heterocycles. The third-order valence-electron chi connectivity index (χ3n) is 3.14. The molecular weight excluding hydrogens is 270 g/mol. The second-order valence-electron chi connectivity index (χ2n) is 4.56. The zero-order chi connectivity index (χ0) is 14.6. The number of aromatic hydroxyl groups is 1. The van der Waals surface area contributed by atoms with Gasteiger partial charge < -0.3 is 15.5 Å². The minimum absolute atomic E-state index is 0.0142. The highest BCUT2D eigenvalue weighted by molar-refractivity contribution is 6.30. The number of phenolic OH excluding ortho intramolecular Hbond substituents is 1. The van der Waals surface area contributed by atoms with E-state index >= 15 is 0 Å². The number of carboxylic acids is 1. The van der Waals surface area contributed by atoms with Gasteiger partial charge in [-0.25, -0.2) is 0 Å². The molecule has 0 aliphatic rings. The third kappa shape index (κ3) is 3.61. The SMILES string of the molecule is CCC(C)(CNC(=O)c1ccc(Cl)cc1O)C(=O)O. The zero-order valence-electron chi connectivity index (χ0n) is 10.7. The van der Waals surface area contributed by atoms with Gasteiger partial charge in [0.2, 0.25) is 0 Å². The monoisotopic (exact) mass is 285 g/mol. The number of carboxylic acid groups (broad SMARTS) is 1. The van der Waals surface area contributed by atoms with Crippen LogP contribution in [0.4, 0.5) is 0 Å². The Labute approximate surface area is 116 Å². The van der Waals surface area contributed by atoms with E-state index in [9.17, 15) is 14.7 Å². The quantitative estimate of drug-likeness (QED) is 0.774. The Morgan fingerprint density at radius 3 is 2.53 bits per heavy atom. The lowest BCUT2D eigenvalue weighted by Crippen LogP contribution is -2.40. The molecule has 0 aromatic heterocycles. The number of amides is 1. The maximum absolute atomic E-state index is 11.9. The van der Waals surface area contributed by atoms with Gasteiger partial charge in [-0.15, -0.1) is 0 Å². The molecule has 0 saturated carbocycles. The van der Waals surface area contributed by atoms with Gasteiger partial charge in [-0.3, -0.25) is 9.59 Å². The molecule has 0 fully saturated rings. The summed E-state index contributed by atoms with van der Waals surface area (Å²) in [7, 11) is 0. The zero-order valence-corrected chi connectivity index (χ0v) is 11.5. The van der Waals surface area contributed by atoms with Gasteiger partial charge in [-0.05, 0) is 31.5 Å². The van der Waals surface area contributed by atoms with Crippen LogP contribution in [0.5, 0.6) is 5.75 Å². The van der Waals surface area contributed by atoms with Crippen LogP contribution in [0, 0.1) is 5.41 Å². The minimum atomic E-state index is -1.03. The van der Waals surface area contributed by atoms with Gasteiger partial charge in [-0.2, -0.15) is 0 Å². The lowest BCUT2D eigenvalue weighted by atomic mass is 9.87. The first-order chi connectivity index (χ1) is 8.80. The van der Waals surface area contributed by atoms with E-state index in [1.54, 1.807) is 13.8 Å². The van der Waals surface area contributed by atoms with Crippen molar-refractivity contribution in [2.24, 2.45) is 5.41 Å². The highest BCUT2D eigenvalue weighted by atomic mass is 35.5. The third-order valence-corrected chi connectivity index (χ3v) is 3.38. The Kier molecular flexibility index (Phi) is 4.78. The van der Waals surface area contributed by atoms with Crippen LogP contribution < -0.4 is 5.32 Å². The highest BCUT2D eigenvalue weighted by Crippen LogP contribution is 2.23. The Balaban J connectivity index is 2.78. The molecule has 1 unspecified atom stereocenters. The number of nitrogens with one attached hydrogen (secondary N) is 1. The van der Waals surface area contributed by atoms with E-state index in [-0.39, 0.29) is 17.9 Å². The normalized spacial score (nSPS) is 13.6. The molecule has 0 spiro atoms. The Morgan fingerprint density at radius 2 is 2.05 bits per heavy atom. The lowest BCUT2D eigenvalue weighted by molar-refractivity contribution is -0.147. The molecule has 0 radical (unpaired) electrons. The summed E-state index contributed by atoms with van der Waals surface area (Å²) in [5, 5.41) is 21.5. The van der Waals surface area contributed by atoms with E-state index in [1.807, 2.05) is 0 Å². The van der Waals surface area contributed by atoms with Crippen LogP contribution in [0.1, 0.15) is 30.6 Å². The number of hydrogen-bond donors (Lipinski definition) is 3. The van der Waals surface area contributed by atoms with Crippen LogP contribution in [0.2, 0.25) is 5.02 Å². The largest absolute Gasteiger partial charge is 0.507 e. The minimum Gasteiger partial charge on any atom is -0.507 e. The van der Waals surface area contributed by atoms with Crippen molar-refractivity contribution in [3.63, 3.8) is 0 Å². The number of halogens is 1. The van der Waals surface area contributed by atoms with Crippen molar-refractivity contribution >= 4 is 23.5 Å². The molecule has 1 aromatic carbocycles. The van der Waals surface area contributed by atoms with Gasteiger partial charge in [0.05, 0.1) is 11.0 Å². The van der Waals surface area contributed by atoms with Crippen LogP contribution in [0.3, 0.4) is 0 Å². The van der Waals surface area contributed by atoms with Crippen molar-refractivity contribution in [2.75, 3.05) is 6.54 Å². The molecule has 0 saturated heterocycles. The van der Waals surface area contributed by atoms with Gasteiger partial charge >= 0.3 is 5.97 Å². The predicted octanol–water partition coefficient (Wildman–Crippen LogP) is 2.28. The summed E-state index contributed by atoms with van der Waals surface area (Å²) < 4.78 is 0. The molecule has 1 rings (SSSR count). The van der Waals surface area contributed by atoms with Gasteiger partial charge in [0.15, 0.2) is 0 Å². The molecule has 0 bridgehead atoms. The Bertz CT molecular complexity index is 503. The predicted molar refractivity (Wildman–Crippen MR) is 71.5 cm³/mol. The number of hydrogen-bond acceptors (Lipinski definition) is 3. The van der Waals surface area contributed by atoms with E-state index in [2.05, 4.69) is 5.32 Å². The standard InChI is InChI=1S/C13H16ClNO4/c1-3-13(2,12(18)19)7-15-11(17)9-5-4-8(14)6-10(9)16/h4-6,16H,3,7H2,1-2H3,(H,15,17)(H,18,19). The van der Waals surface area contributed by atoms with Gasteiger partial charge in [-0.1, -0.05) is 18.5 Å². The fraction of sp³-hybridized carbons (Fsp3) is 0.385. The van der Waals surface area contributed by atoms with Crippen LogP contribution in [-0.2, 0) is 4.79 Å². The smallest absolute Gasteiger partial charge is 0.311 e. The number of phenols is 1. The van der Waals surface area contributed by atoms with Crippen molar-refractivity contribution in [1.29, 1.82) is 0 Å². The highest BCUT2D eigenvalue weighted by Gasteiger charge is 2.31. The average Bonchev–Trinajstić information content (AvgIpc) is 2.35. The summed E-state index contributed by atoms with van der Waals surface area (Å²) in [6.07, 6.45) is 0.384. The van der Waals surface area contributed by atoms with E-state index in [4.69, 9.17) is 16.7 Å². The molecule has 0 aliphatic carbocycles. The maximum Gasteiger partial charge on any atom is 0.311 e. The first-order valence-electron chi connectivity index (χ1n) is 5.80. The van der Waals surface area contributed by atoms with E-state index in [0.29, 0.717) is 11.4 Å². The van der Waals surface area contributed by atoms with Crippen molar-refractivity contribution in [1.82, 2.24) is 5.32 Å². The average molecular weight is 286 g/mol. The van der Waals surface area contributed by atoms with Crippen LogP contribution in [-0.4, -0.2) is 28.6 Å². The summed E-state index contributed by atoms with van der Waals surface area (Å²) in [5.41, 5.74) is -0.967. The first-order valence-corrected chi connectivity index (χ1v) is 6.18. The summed E-state index contributed by atoms with van der Waals surface area (Å²) >= 11 is 5.67. The maximum atomic E-state index is 11.9. The summed E-state index contributed by atoms with van der Waals surface area (Å²) in [5.74, 6) is -1.75. The van der Waals surface area contributed by atoms with Crippen molar-refractivity contribution in [3.8, 4) is 5.75 Å².